The smallest absolute Gasteiger partial charge is 0.336 e. The molecule has 3 atom stereocenters. The van der Waals surface area contributed by atoms with Crippen LogP contribution in [0.4, 0.5) is 0 Å². The Morgan fingerprint density at radius 1 is 1.16 bits per heavy atom. The fourth-order valence-corrected chi connectivity index (χ4v) is 7.00. The molecule has 2 N–H and O–H groups in total. The zero-order valence-electron chi connectivity index (χ0n) is 21.3. The molecule has 2 bridgehead atoms. The van der Waals surface area contributed by atoms with Crippen molar-refractivity contribution in [1.82, 2.24) is 40.6 Å². The van der Waals surface area contributed by atoms with E-state index >= 15 is 0 Å². The number of carbonyl (C=O) groups is 2. The van der Waals surface area contributed by atoms with E-state index in [-0.39, 0.29) is 29.9 Å². The lowest BCUT2D eigenvalue weighted by molar-refractivity contribution is -0.139. The van der Waals surface area contributed by atoms with Crippen molar-refractivity contribution in [1.29, 1.82) is 0 Å². The minimum atomic E-state index is -0.803. The molecular weight excluding hydrogens is 476 g/mol. The summed E-state index contributed by atoms with van der Waals surface area (Å²) in [6, 6.07) is 0.259. The van der Waals surface area contributed by atoms with E-state index in [9.17, 15) is 14.7 Å². The summed E-state index contributed by atoms with van der Waals surface area (Å²) in [5.41, 5.74) is 3.20. The number of nitrogens with zero attached hydrogens (tertiary/aromatic N) is 7. The summed E-state index contributed by atoms with van der Waals surface area (Å²) in [5, 5.41) is 34.3. The van der Waals surface area contributed by atoms with Crippen LogP contribution in [0.25, 0.3) is 5.82 Å². The molecule has 0 aromatic carbocycles. The van der Waals surface area contributed by atoms with Gasteiger partial charge in [-0.3, -0.25) is 4.79 Å². The molecule has 2 unspecified atom stereocenters. The number of cyclic esters (lactones) is 1. The van der Waals surface area contributed by atoms with Gasteiger partial charge in [-0.1, -0.05) is 0 Å². The molecule has 4 heterocycles. The highest BCUT2D eigenvalue weighted by molar-refractivity contribution is 5.94. The number of hydrogen-bond acceptors (Lipinski definition) is 10. The van der Waals surface area contributed by atoms with Gasteiger partial charge >= 0.3 is 5.97 Å². The van der Waals surface area contributed by atoms with E-state index in [2.05, 4.69) is 31.0 Å². The second kappa shape index (κ2) is 8.95. The first kappa shape index (κ1) is 24.1. The number of likely N-dealkylation sites (tertiary alicyclic amines) is 1. The van der Waals surface area contributed by atoms with Crippen molar-refractivity contribution in [3.05, 3.63) is 34.4 Å². The highest BCUT2D eigenvalue weighted by Crippen LogP contribution is 2.55. The lowest BCUT2D eigenvalue weighted by Crippen LogP contribution is -2.49. The maximum absolute atomic E-state index is 13.6. The van der Waals surface area contributed by atoms with Crippen LogP contribution in [-0.4, -0.2) is 78.0 Å². The standard InChI is InChI=1S/C25H32N8O4/c1-13-14(2)22(33-12-27-30-31-33)29-28-20(13)19(34)10-26-21-16-4-5-17(21)9-25(8-16)6-7-32(24(25)36)18-11-37-23(35)15(18)3/h12,16-17,19,21,26,34H,4-11H2,1-3H3/t16?,17?,19-,21?,25?/m1/s1. The van der Waals surface area contributed by atoms with Crippen molar-refractivity contribution >= 4 is 11.9 Å². The SMILES string of the molecule is CC1=C(N2CCC3(CC4CCC(C3)C4NC[C@@H](O)c3nnc(-n4cnnn4)c(C)c3C)C2=O)COC1=O. The Morgan fingerprint density at radius 3 is 2.57 bits per heavy atom. The predicted octanol–water partition coefficient (Wildman–Crippen LogP) is 0.930. The molecule has 6 rings (SSSR count). The summed E-state index contributed by atoms with van der Waals surface area (Å²) >= 11 is 0. The van der Waals surface area contributed by atoms with Gasteiger partial charge in [0.1, 0.15) is 19.0 Å². The van der Waals surface area contributed by atoms with Gasteiger partial charge < -0.3 is 20.1 Å². The molecule has 1 amide bonds. The largest absolute Gasteiger partial charge is 0.456 e. The minimum absolute atomic E-state index is 0.152. The van der Waals surface area contributed by atoms with Gasteiger partial charge in [0.15, 0.2) is 5.82 Å². The number of aliphatic hydroxyl groups excluding tert-OH is 1. The van der Waals surface area contributed by atoms with Crippen LogP contribution >= 0.6 is 0 Å². The van der Waals surface area contributed by atoms with Gasteiger partial charge in [-0.05, 0) is 80.7 Å². The quantitative estimate of drug-likeness (QED) is 0.540. The number of aliphatic hydroxyl groups is 1. The predicted molar refractivity (Wildman–Crippen MR) is 129 cm³/mol. The molecule has 3 fully saturated rings. The Labute approximate surface area is 214 Å². The molecule has 196 valence electrons. The number of fused-ring (bicyclic) bond motifs is 2. The fourth-order valence-electron chi connectivity index (χ4n) is 7.00. The van der Waals surface area contributed by atoms with Crippen molar-refractivity contribution in [2.75, 3.05) is 19.7 Å². The second-order valence-corrected chi connectivity index (χ2v) is 11.0. The van der Waals surface area contributed by atoms with Crippen molar-refractivity contribution in [2.45, 2.75) is 65.0 Å². The maximum Gasteiger partial charge on any atom is 0.336 e. The highest BCUT2D eigenvalue weighted by atomic mass is 16.5. The zero-order chi connectivity index (χ0) is 25.9. The Bertz CT molecular complexity index is 1260. The van der Waals surface area contributed by atoms with Crippen LogP contribution in [0.2, 0.25) is 0 Å². The van der Waals surface area contributed by atoms with E-state index in [0.29, 0.717) is 42.0 Å². The first-order valence-corrected chi connectivity index (χ1v) is 13.0. The molecule has 12 heteroatoms. The Hall–Kier alpha value is -3.25. The van der Waals surface area contributed by atoms with E-state index < -0.39 is 6.10 Å². The first-order chi connectivity index (χ1) is 17.8. The van der Waals surface area contributed by atoms with Crippen LogP contribution in [0.1, 0.15) is 62.0 Å². The van der Waals surface area contributed by atoms with Crippen LogP contribution in [0, 0.1) is 31.1 Å². The lowest BCUT2D eigenvalue weighted by atomic mass is 9.66. The average molecular weight is 509 g/mol. The fraction of sp³-hybridized carbons (Fsp3) is 0.640. The lowest BCUT2D eigenvalue weighted by Gasteiger charge is -2.41. The van der Waals surface area contributed by atoms with Crippen LogP contribution in [0.3, 0.4) is 0 Å². The van der Waals surface area contributed by atoms with E-state index in [1.165, 1.54) is 11.0 Å². The van der Waals surface area contributed by atoms with Crippen LogP contribution in [0.5, 0.6) is 0 Å². The van der Waals surface area contributed by atoms with Crippen molar-refractivity contribution in [3.8, 4) is 5.82 Å². The Morgan fingerprint density at radius 2 is 1.92 bits per heavy atom. The summed E-state index contributed by atoms with van der Waals surface area (Å²) in [4.78, 5) is 27.3. The molecule has 2 saturated carbocycles. The molecule has 1 saturated heterocycles. The van der Waals surface area contributed by atoms with Gasteiger partial charge in [0.25, 0.3) is 0 Å². The van der Waals surface area contributed by atoms with Crippen molar-refractivity contribution in [3.63, 3.8) is 0 Å². The molecular formula is C25H32N8O4. The number of carbonyl (C=O) groups excluding carboxylic acids is 2. The first-order valence-electron chi connectivity index (χ1n) is 13.0. The topological polar surface area (TPSA) is 148 Å². The van der Waals surface area contributed by atoms with Gasteiger partial charge in [-0.25, -0.2) is 4.79 Å². The van der Waals surface area contributed by atoms with Gasteiger partial charge in [-0.15, -0.1) is 10.2 Å². The van der Waals surface area contributed by atoms with E-state index in [0.717, 1.165) is 48.9 Å². The van der Waals surface area contributed by atoms with Gasteiger partial charge in [-0.2, -0.15) is 9.78 Å². The molecule has 1 spiro atoms. The number of esters is 1. The summed E-state index contributed by atoms with van der Waals surface area (Å²) in [5.74, 6) is 1.12. The van der Waals surface area contributed by atoms with Gasteiger partial charge in [0.05, 0.1) is 22.4 Å². The summed E-state index contributed by atoms with van der Waals surface area (Å²) in [6.07, 6.45) is 5.32. The highest BCUT2D eigenvalue weighted by Gasteiger charge is 2.57. The molecule has 2 aliphatic carbocycles. The average Bonchev–Trinajstić information content (AvgIpc) is 3.64. The van der Waals surface area contributed by atoms with E-state index in [4.69, 9.17) is 4.74 Å². The minimum Gasteiger partial charge on any atom is -0.456 e. The monoisotopic (exact) mass is 508 g/mol. The Balaban J connectivity index is 1.12. The summed E-state index contributed by atoms with van der Waals surface area (Å²) in [7, 11) is 0. The van der Waals surface area contributed by atoms with Crippen molar-refractivity contribution < 1.29 is 19.4 Å². The number of rotatable bonds is 6. The summed E-state index contributed by atoms with van der Waals surface area (Å²) in [6.45, 7) is 6.79. The third kappa shape index (κ3) is 3.84. The van der Waals surface area contributed by atoms with Crippen molar-refractivity contribution in [2.24, 2.45) is 17.3 Å². The molecule has 2 aliphatic heterocycles. The maximum atomic E-state index is 13.6. The number of aromatic nitrogens is 6. The second-order valence-electron chi connectivity index (χ2n) is 11.0. The number of nitrogens with one attached hydrogen (secondary N) is 1. The molecule has 2 aromatic rings. The number of amides is 1. The van der Waals surface area contributed by atoms with Crippen LogP contribution in [0.15, 0.2) is 17.6 Å². The number of tetrazole rings is 1. The van der Waals surface area contributed by atoms with Crippen LogP contribution < -0.4 is 5.32 Å². The zero-order valence-corrected chi connectivity index (χ0v) is 21.3. The molecule has 4 aliphatic rings. The van der Waals surface area contributed by atoms with E-state index in [1.54, 1.807) is 11.8 Å². The molecule has 2 aromatic heterocycles. The number of hydrogen-bond donors (Lipinski definition) is 2. The summed E-state index contributed by atoms with van der Waals surface area (Å²) < 4.78 is 6.62. The Kier molecular flexibility index (Phi) is 5.83. The number of ether oxygens (including phenoxy) is 1. The van der Waals surface area contributed by atoms with Crippen LogP contribution in [-0.2, 0) is 14.3 Å². The third-order valence-corrected chi connectivity index (χ3v) is 9.11. The molecule has 37 heavy (non-hydrogen) atoms. The molecule has 0 radical (unpaired) electrons. The normalized spacial score (nSPS) is 30.1. The van der Waals surface area contributed by atoms with Gasteiger partial charge in [0.2, 0.25) is 5.91 Å². The van der Waals surface area contributed by atoms with E-state index in [1.807, 2.05) is 13.8 Å². The van der Waals surface area contributed by atoms with Gasteiger partial charge in [0, 0.05) is 24.7 Å². The molecule has 12 nitrogen and oxygen atoms in total. The third-order valence-electron chi connectivity index (χ3n) is 9.11.